The van der Waals surface area contributed by atoms with Gasteiger partial charge in [0, 0.05) is 10.7 Å². The first-order chi connectivity index (χ1) is 5.02. The molecule has 0 amide bonds. The molecule has 0 aliphatic rings. The van der Waals surface area contributed by atoms with E-state index in [0.29, 0.717) is 0 Å². The zero-order valence-electron chi connectivity index (χ0n) is 5.11. The van der Waals surface area contributed by atoms with Gasteiger partial charge in [-0.3, -0.25) is 4.79 Å². The van der Waals surface area contributed by atoms with Crippen LogP contribution in [0.15, 0.2) is 22.2 Å². The highest BCUT2D eigenvalue weighted by molar-refractivity contribution is 8.13. The molecule has 7 heteroatoms. The molecule has 0 unspecified atom stereocenters. The van der Waals surface area contributed by atoms with E-state index in [1.807, 2.05) is 0 Å². The highest BCUT2D eigenvalue weighted by atomic mass is 35.7. The van der Waals surface area contributed by atoms with E-state index in [2.05, 4.69) is 9.97 Å². The third kappa shape index (κ3) is 1.78. The third-order valence-corrected chi connectivity index (χ3v) is 2.26. The Morgan fingerprint density at radius 2 is 2.18 bits per heavy atom. The van der Waals surface area contributed by atoms with Crippen molar-refractivity contribution in [2.45, 2.75) is 4.90 Å². The molecule has 5 nitrogen and oxygen atoms in total. The zero-order valence-corrected chi connectivity index (χ0v) is 6.69. The van der Waals surface area contributed by atoms with Gasteiger partial charge in [0.1, 0.15) is 0 Å². The normalized spacial score (nSPS) is 11.4. The Hall–Kier alpha value is -0.880. The van der Waals surface area contributed by atoms with Gasteiger partial charge in [0.05, 0.1) is 12.5 Å². The van der Waals surface area contributed by atoms with Crippen LogP contribution in [0.3, 0.4) is 0 Å². The van der Waals surface area contributed by atoms with Gasteiger partial charge in [-0.25, -0.2) is 13.4 Å². The number of rotatable bonds is 1. The summed E-state index contributed by atoms with van der Waals surface area (Å²) in [5.74, 6) is 0. The Labute approximate surface area is 66.5 Å². The number of hydrogen-bond donors (Lipinski definition) is 1. The summed E-state index contributed by atoms with van der Waals surface area (Å²) in [5, 5.41) is 0. The topological polar surface area (TPSA) is 79.9 Å². The lowest BCUT2D eigenvalue weighted by molar-refractivity contribution is 0.607. The van der Waals surface area contributed by atoms with Gasteiger partial charge < -0.3 is 4.98 Å². The summed E-state index contributed by atoms with van der Waals surface area (Å²) in [6.07, 6.45) is 1.97. The molecule has 1 heterocycles. The van der Waals surface area contributed by atoms with E-state index in [9.17, 15) is 13.2 Å². The lowest BCUT2D eigenvalue weighted by Crippen LogP contribution is -2.13. The minimum atomic E-state index is -3.97. The van der Waals surface area contributed by atoms with Gasteiger partial charge in [-0.15, -0.1) is 0 Å². The summed E-state index contributed by atoms with van der Waals surface area (Å²) >= 11 is 0. The standard InChI is InChI=1S/C4H3ClN2O3S/c5-11(9,10)3-1-6-2-7-4(3)8/h1-2H,(H,6,7,8). The predicted molar refractivity (Wildman–Crippen MR) is 37.9 cm³/mol. The van der Waals surface area contributed by atoms with Crippen molar-refractivity contribution in [2.24, 2.45) is 0 Å². The first-order valence-corrected chi connectivity index (χ1v) is 4.80. The van der Waals surface area contributed by atoms with E-state index in [0.717, 1.165) is 12.5 Å². The van der Waals surface area contributed by atoms with E-state index in [-0.39, 0.29) is 0 Å². The maximum atomic E-state index is 10.7. The van der Waals surface area contributed by atoms with Crippen molar-refractivity contribution < 1.29 is 8.42 Å². The van der Waals surface area contributed by atoms with Crippen molar-refractivity contribution in [1.29, 1.82) is 0 Å². The minimum absolute atomic E-state index is 0.540. The summed E-state index contributed by atoms with van der Waals surface area (Å²) in [7, 11) is 0.909. The molecule has 0 saturated carbocycles. The van der Waals surface area contributed by atoms with Crippen LogP contribution >= 0.6 is 10.7 Å². The van der Waals surface area contributed by atoms with Gasteiger partial charge in [-0.2, -0.15) is 0 Å². The van der Waals surface area contributed by atoms with Crippen LogP contribution in [0.25, 0.3) is 0 Å². The highest BCUT2D eigenvalue weighted by Gasteiger charge is 2.13. The summed E-state index contributed by atoms with van der Waals surface area (Å²) in [5.41, 5.74) is -0.769. The molecule has 1 aromatic rings. The quantitative estimate of drug-likeness (QED) is 0.623. The second-order valence-electron chi connectivity index (χ2n) is 1.68. The molecule has 11 heavy (non-hydrogen) atoms. The van der Waals surface area contributed by atoms with Gasteiger partial charge in [-0.1, -0.05) is 0 Å². The molecule has 0 bridgehead atoms. The number of halogens is 1. The Kier molecular flexibility index (Phi) is 1.97. The molecule has 0 aliphatic heterocycles. The first kappa shape index (κ1) is 8.22. The third-order valence-electron chi connectivity index (χ3n) is 0.948. The molecule has 60 valence electrons. The van der Waals surface area contributed by atoms with Gasteiger partial charge in [-0.05, 0) is 0 Å². The number of aromatic nitrogens is 2. The molecular formula is C4H3ClN2O3S. The Morgan fingerprint density at radius 1 is 1.55 bits per heavy atom. The number of nitrogens with zero attached hydrogens (tertiary/aromatic N) is 1. The second-order valence-corrected chi connectivity index (χ2v) is 4.22. The van der Waals surface area contributed by atoms with Crippen LogP contribution in [0.4, 0.5) is 0 Å². The SMILES string of the molecule is O=c1[nH]cncc1S(=O)(=O)Cl. The number of H-pyrrole nitrogens is 1. The molecule has 1 rings (SSSR count). The molecule has 0 aromatic carbocycles. The molecule has 0 aliphatic carbocycles. The smallest absolute Gasteiger partial charge is 0.270 e. The van der Waals surface area contributed by atoms with Crippen molar-refractivity contribution in [3.63, 3.8) is 0 Å². The summed E-state index contributed by atoms with van der Waals surface area (Å²) in [6.45, 7) is 0. The van der Waals surface area contributed by atoms with E-state index in [1.165, 1.54) is 0 Å². The van der Waals surface area contributed by atoms with E-state index >= 15 is 0 Å². The Bertz CT molecular complexity index is 409. The number of nitrogens with one attached hydrogen (secondary N) is 1. The molecule has 0 radical (unpaired) electrons. The predicted octanol–water partition coefficient (Wildman–Crippen LogP) is -0.303. The molecule has 1 N–H and O–H groups in total. The van der Waals surface area contributed by atoms with E-state index in [1.54, 1.807) is 0 Å². The highest BCUT2D eigenvalue weighted by Crippen LogP contribution is 2.05. The number of aromatic amines is 1. The van der Waals surface area contributed by atoms with Crippen LogP contribution in [-0.4, -0.2) is 18.4 Å². The van der Waals surface area contributed by atoms with Gasteiger partial charge in [0.25, 0.3) is 14.6 Å². The van der Waals surface area contributed by atoms with E-state index < -0.39 is 19.5 Å². The van der Waals surface area contributed by atoms with Crippen molar-refractivity contribution in [3.05, 3.63) is 22.9 Å². The summed E-state index contributed by atoms with van der Waals surface area (Å²) < 4.78 is 21.1. The largest absolute Gasteiger partial charge is 0.312 e. The molecule has 0 saturated heterocycles. The van der Waals surface area contributed by atoms with Gasteiger partial charge >= 0.3 is 0 Å². The van der Waals surface area contributed by atoms with Crippen LogP contribution in [0.2, 0.25) is 0 Å². The van der Waals surface area contributed by atoms with Crippen LogP contribution in [0, 0.1) is 0 Å². The van der Waals surface area contributed by atoms with Gasteiger partial charge in [0.2, 0.25) is 0 Å². The molecule has 0 spiro atoms. The van der Waals surface area contributed by atoms with Gasteiger partial charge in [0.15, 0.2) is 4.90 Å². The van der Waals surface area contributed by atoms with Crippen LogP contribution in [0.1, 0.15) is 0 Å². The first-order valence-electron chi connectivity index (χ1n) is 2.49. The second kappa shape index (κ2) is 2.63. The Morgan fingerprint density at radius 3 is 2.55 bits per heavy atom. The average molecular weight is 195 g/mol. The molecule has 0 atom stereocenters. The van der Waals surface area contributed by atoms with Crippen molar-refractivity contribution in [3.8, 4) is 0 Å². The number of hydrogen-bond acceptors (Lipinski definition) is 4. The van der Waals surface area contributed by atoms with E-state index in [4.69, 9.17) is 10.7 Å². The zero-order chi connectivity index (χ0) is 8.48. The van der Waals surface area contributed by atoms with Crippen molar-refractivity contribution in [2.75, 3.05) is 0 Å². The van der Waals surface area contributed by atoms with Crippen LogP contribution in [-0.2, 0) is 9.05 Å². The maximum Gasteiger partial charge on any atom is 0.270 e. The summed E-state index contributed by atoms with van der Waals surface area (Å²) in [6, 6.07) is 0. The molecule has 1 aromatic heterocycles. The molecular weight excluding hydrogens is 192 g/mol. The fourth-order valence-corrected chi connectivity index (χ4v) is 1.30. The monoisotopic (exact) mass is 194 g/mol. The van der Waals surface area contributed by atoms with Crippen LogP contribution in [0.5, 0.6) is 0 Å². The Balaban J connectivity index is 3.50. The maximum absolute atomic E-state index is 10.7. The fraction of sp³-hybridized carbons (Fsp3) is 0. The minimum Gasteiger partial charge on any atom is -0.312 e. The lowest BCUT2D eigenvalue weighted by Gasteiger charge is -1.89. The lowest BCUT2D eigenvalue weighted by atomic mass is 10.7. The summed E-state index contributed by atoms with van der Waals surface area (Å²) in [4.78, 5) is 15.6. The van der Waals surface area contributed by atoms with Crippen LogP contribution < -0.4 is 5.56 Å². The average Bonchev–Trinajstić information content (AvgIpc) is 1.86. The fourth-order valence-electron chi connectivity index (χ4n) is 0.504. The molecule has 0 fully saturated rings. The van der Waals surface area contributed by atoms with Crippen molar-refractivity contribution >= 4 is 19.7 Å². The van der Waals surface area contributed by atoms with Crippen molar-refractivity contribution in [1.82, 2.24) is 9.97 Å².